The number of carbonyl (C=O) groups excluding carboxylic acids is 1. The lowest BCUT2D eigenvalue weighted by Crippen LogP contribution is -2.44. The second-order valence-corrected chi connectivity index (χ2v) is 7.45. The Balaban J connectivity index is 1.60. The zero-order chi connectivity index (χ0) is 19.0. The smallest absolute Gasteiger partial charge is 0.388 e. The van der Waals surface area contributed by atoms with Crippen molar-refractivity contribution >= 4 is 16.8 Å². The van der Waals surface area contributed by atoms with Crippen molar-refractivity contribution in [1.82, 2.24) is 19.7 Å². The Hall–Kier alpha value is -2.96. The van der Waals surface area contributed by atoms with Gasteiger partial charge in [-0.05, 0) is 36.5 Å². The molecular weight excluding hydrogens is 344 g/mol. The first kappa shape index (κ1) is 17.5. The van der Waals surface area contributed by atoms with Crippen molar-refractivity contribution in [1.29, 1.82) is 0 Å². The van der Waals surface area contributed by atoms with Crippen LogP contribution in [0.4, 0.5) is 0 Å². The molecule has 1 aliphatic heterocycles. The molecule has 0 radical (unpaired) electrons. The van der Waals surface area contributed by atoms with Crippen LogP contribution in [0.5, 0.6) is 0 Å². The first-order valence-electron chi connectivity index (χ1n) is 9.21. The van der Waals surface area contributed by atoms with Gasteiger partial charge in [0.1, 0.15) is 6.54 Å². The molecule has 1 aliphatic rings. The third-order valence-corrected chi connectivity index (χ3v) is 4.99. The van der Waals surface area contributed by atoms with Gasteiger partial charge in [0.15, 0.2) is 0 Å². The SMILES string of the molecule is CC1CC(C)CN(C(=O)Cn2nc(-c3cccc4ncccc34)oc2=O)C1. The third kappa shape index (κ3) is 3.49. The number of hydrogen-bond acceptors (Lipinski definition) is 5. The van der Waals surface area contributed by atoms with Crippen LogP contribution in [0.25, 0.3) is 22.4 Å². The molecule has 0 N–H and O–H groups in total. The van der Waals surface area contributed by atoms with Gasteiger partial charge in [0.05, 0.1) is 5.52 Å². The van der Waals surface area contributed by atoms with Gasteiger partial charge in [0.2, 0.25) is 11.8 Å². The first-order chi connectivity index (χ1) is 13.0. The lowest BCUT2D eigenvalue weighted by molar-refractivity contribution is -0.134. The standard InChI is InChI=1S/C20H22N4O3/c1-13-9-14(2)11-23(10-13)18(25)12-24-20(26)27-19(22-24)16-5-3-7-17-15(16)6-4-8-21-17/h3-8,13-14H,9-12H2,1-2H3. The predicted molar refractivity (Wildman–Crippen MR) is 101 cm³/mol. The van der Waals surface area contributed by atoms with Crippen molar-refractivity contribution in [3.05, 3.63) is 47.1 Å². The fourth-order valence-electron chi connectivity index (χ4n) is 3.90. The van der Waals surface area contributed by atoms with Gasteiger partial charge in [0.25, 0.3) is 0 Å². The van der Waals surface area contributed by atoms with Crippen LogP contribution in [0.1, 0.15) is 20.3 Å². The summed E-state index contributed by atoms with van der Waals surface area (Å²) in [5.41, 5.74) is 1.48. The predicted octanol–water partition coefficient (Wildman–Crippen LogP) is 2.56. The maximum atomic E-state index is 12.6. The number of piperidine rings is 1. The Morgan fingerprint density at radius 1 is 1.19 bits per heavy atom. The molecule has 7 heteroatoms. The number of benzene rings is 1. The largest absolute Gasteiger partial charge is 0.437 e. The van der Waals surface area contributed by atoms with Gasteiger partial charge in [-0.2, -0.15) is 4.68 Å². The summed E-state index contributed by atoms with van der Waals surface area (Å²) in [4.78, 5) is 31.0. The maximum absolute atomic E-state index is 12.6. The summed E-state index contributed by atoms with van der Waals surface area (Å²) in [5, 5.41) is 5.11. The van der Waals surface area contributed by atoms with Crippen LogP contribution in [0.3, 0.4) is 0 Å². The van der Waals surface area contributed by atoms with E-state index in [1.165, 1.54) is 0 Å². The van der Waals surface area contributed by atoms with Crippen LogP contribution in [0, 0.1) is 11.8 Å². The van der Waals surface area contributed by atoms with Gasteiger partial charge in [-0.1, -0.05) is 26.0 Å². The van der Waals surface area contributed by atoms with Gasteiger partial charge in [0, 0.05) is 30.2 Å². The molecule has 1 saturated heterocycles. The molecule has 2 atom stereocenters. The maximum Gasteiger partial charge on any atom is 0.437 e. The van der Waals surface area contributed by atoms with Gasteiger partial charge in [-0.25, -0.2) is 4.79 Å². The summed E-state index contributed by atoms with van der Waals surface area (Å²) in [6, 6.07) is 9.28. The van der Waals surface area contributed by atoms with Crippen LogP contribution in [0.2, 0.25) is 0 Å². The van der Waals surface area contributed by atoms with Gasteiger partial charge >= 0.3 is 5.76 Å². The molecule has 140 valence electrons. The van der Waals surface area contributed by atoms with E-state index in [4.69, 9.17) is 4.42 Å². The Bertz CT molecular complexity index is 1020. The number of amides is 1. The second-order valence-electron chi connectivity index (χ2n) is 7.45. The minimum atomic E-state index is -0.627. The number of aromatic nitrogens is 3. The van der Waals surface area contributed by atoms with Gasteiger partial charge < -0.3 is 9.32 Å². The van der Waals surface area contributed by atoms with Crippen molar-refractivity contribution in [2.24, 2.45) is 11.8 Å². The van der Waals surface area contributed by atoms with E-state index in [-0.39, 0.29) is 18.3 Å². The Kier molecular flexibility index (Phi) is 4.51. The molecule has 3 aromatic rings. The molecule has 27 heavy (non-hydrogen) atoms. The quantitative estimate of drug-likeness (QED) is 0.712. The van der Waals surface area contributed by atoms with E-state index >= 15 is 0 Å². The average Bonchev–Trinajstić information content (AvgIpc) is 3.00. The van der Waals surface area contributed by atoms with E-state index < -0.39 is 5.76 Å². The van der Waals surface area contributed by atoms with Crippen LogP contribution >= 0.6 is 0 Å². The molecule has 2 unspecified atom stereocenters. The molecule has 0 bridgehead atoms. The second kappa shape index (κ2) is 6.98. The molecule has 4 rings (SSSR count). The molecule has 1 amide bonds. The molecule has 0 saturated carbocycles. The number of nitrogens with zero attached hydrogens (tertiary/aromatic N) is 4. The van der Waals surface area contributed by atoms with Crippen molar-refractivity contribution in [3.8, 4) is 11.5 Å². The Labute approximate surface area is 156 Å². The number of carbonyl (C=O) groups is 1. The summed E-state index contributed by atoms with van der Waals surface area (Å²) in [7, 11) is 0. The van der Waals surface area contributed by atoms with Crippen LogP contribution in [-0.2, 0) is 11.3 Å². The molecular formula is C20H22N4O3. The highest BCUT2D eigenvalue weighted by Crippen LogP contribution is 2.25. The summed E-state index contributed by atoms with van der Waals surface area (Å²) >= 11 is 0. The summed E-state index contributed by atoms with van der Waals surface area (Å²) in [6.07, 6.45) is 2.83. The first-order valence-corrected chi connectivity index (χ1v) is 9.21. The lowest BCUT2D eigenvalue weighted by atomic mass is 9.92. The zero-order valence-electron chi connectivity index (χ0n) is 15.5. The average molecular weight is 366 g/mol. The highest BCUT2D eigenvalue weighted by Gasteiger charge is 2.26. The van der Waals surface area contributed by atoms with Crippen molar-refractivity contribution in [3.63, 3.8) is 0 Å². The number of pyridine rings is 1. The highest BCUT2D eigenvalue weighted by atomic mass is 16.4. The summed E-state index contributed by atoms with van der Waals surface area (Å²) in [5.74, 6) is 0.398. The molecule has 1 fully saturated rings. The molecule has 0 aliphatic carbocycles. The minimum absolute atomic E-state index is 0.102. The van der Waals surface area contributed by atoms with Crippen LogP contribution in [-0.4, -0.2) is 38.7 Å². The Morgan fingerprint density at radius 3 is 2.74 bits per heavy atom. The third-order valence-electron chi connectivity index (χ3n) is 4.99. The summed E-state index contributed by atoms with van der Waals surface area (Å²) < 4.78 is 6.44. The van der Waals surface area contributed by atoms with E-state index in [1.807, 2.05) is 35.2 Å². The van der Waals surface area contributed by atoms with Crippen molar-refractivity contribution in [2.45, 2.75) is 26.8 Å². The minimum Gasteiger partial charge on any atom is -0.388 e. The molecule has 0 spiro atoms. The molecule has 3 heterocycles. The van der Waals surface area contributed by atoms with E-state index in [0.29, 0.717) is 17.4 Å². The fourth-order valence-corrected chi connectivity index (χ4v) is 3.90. The monoisotopic (exact) mass is 366 g/mol. The van der Waals surface area contributed by atoms with Crippen molar-refractivity contribution in [2.75, 3.05) is 13.1 Å². The number of likely N-dealkylation sites (tertiary alicyclic amines) is 1. The van der Waals surface area contributed by atoms with Crippen LogP contribution in [0.15, 0.2) is 45.7 Å². The number of fused-ring (bicyclic) bond motifs is 1. The molecule has 1 aromatic carbocycles. The number of rotatable bonds is 3. The normalized spacial score (nSPS) is 20.1. The number of hydrogen-bond donors (Lipinski definition) is 0. The van der Waals surface area contributed by atoms with Gasteiger partial charge in [-0.3, -0.25) is 9.78 Å². The van der Waals surface area contributed by atoms with E-state index in [1.54, 1.807) is 6.20 Å². The van der Waals surface area contributed by atoms with Gasteiger partial charge in [-0.15, -0.1) is 5.10 Å². The van der Waals surface area contributed by atoms with E-state index in [9.17, 15) is 9.59 Å². The molecule has 7 nitrogen and oxygen atoms in total. The van der Waals surface area contributed by atoms with Crippen LogP contribution < -0.4 is 5.76 Å². The van der Waals surface area contributed by atoms with E-state index in [2.05, 4.69) is 23.9 Å². The molecule has 2 aromatic heterocycles. The van der Waals surface area contributed by atoms with Crippen molar-refractivity contribution < 1.29 is 9.21 Å². The topological polar surface area (TPSA) is 81.2 Å². The summed E-state index contributed by atoms with van der Waals surface area (Å²) in [6.45, 7) is 5.62. The van der Waals surface area contributed by atoms with E-state index in [0.717, 1.165) is 35.1 Å². The lowest BCUT2D eigenvalue weighted by Gasteiger charge is -2.34. The Morgan fingerprint density at radius 2 is 1.96 bits per heavy atom. The zero-order valence-corrected chi connectivity index (χ0v) is 15.5. The fraction of sp³-hybridized carbons (Fsp3) is 0.400. The highest BCUT2D eigenvalue weighted by molar-refractivity contribution is 5.92.